The van der Waals surface area contributed by atoms with Crippen molar-refractivity contribution < 1.29 is 0 Å². The van der Waals surface area contributed by atoms with Crippen molar-refractivity contribution >= 4 is 17.7 Å². The minimum atomic E-state index is 0.776. The topological polar surface area (TPSA) is 3.24 Å². The lowest BCUT2D eigenvalue weighted by atomic mass is 10.2. The molecule has 0 radical (unpaired) electrons. The Balaban J connectivity index is 1.83. The Morgan fingerprint density at radius 2 is 1.68 bits per heavy atom. The first-order chi connectivity index (χ1) is 9.24. The Kier molecular flexibility index (Phi) is 5.20. The van der Waals surface area contributed by atoms with Crippen LogP contribution in [-0.2, 0) is 6.54 Å². The highest BCUT2D eigenvalue weighted by Gasteiger charge is 1.97. The summed E-state index contributed by atoms with van der Waals surface area (Å²) in [6, 6.07) is 18.4. The largest absolute Gasteiger partial charge is 0.298 e. The summed E-state index contributed by atoms with van der Waals surface area (Å²) in [5, 5.41) is 0.776. The first-order valence-corrected chi connectivity index (χ1v) is 6.76. The Hall–Kier alpha value is -1.57. The molecule has 0 aromatic heterocycles. The van der Waals surface area contributed by atoms with Crippen LogP contribution in [0.4, 0.5) is 0 Å². The van der Waals surface area contributed by atoms with Crippen LogP contribution >= 0.6 is 11.6 Å². The average molecular weight is 272 g/mol. The van der Waals surface area contributed by atoms with E-state index in [2.05, 4.69) is 48.4 Å². The van der Waals surface area contributed by atoms with Crippen LogP contribution in [0.1, 0.15) is 11.1 Å². The lowest BCUT2D eigenvalue weighted by Gasteiger charge is -2.14. The Labute approximate surface area is 120 Å². The van der Waals surface area contributed by atoms with Crippen LogP contribution in [0, 0.1) is 0 Å². The predicted octanol–water partition coefficient (Wildman–Crippen LogP) is 4.49. The molecule has 0 spiro atoms. The summed E-state index contributed by atoms with van der Waals surface area (Å²) in [6.07, 6.45) is 4.30. The van der Waals surface area contributed by atoms with Gasteiger partial charge in [-0.2, -0.15) is 0 Å². The maximum Gasteiger partial charge on any atom is 0.0406 e. The fourth-order valence-electron chi connectivity index (χ4n) is 1.90. The summed E-state index contributed by atoms with van der Waals surface area (Å²) in [6.45, 7) is 1.89. The minimum Gasteiger partial charge on any atom is -0.298 e. The van der Waals surface area contributed by atoms with Crippen molar-refractivity contribution in [1.82, 2.24) is 4.90 Å². The fourth-order valence-corrected chi connectivity index (χ4v) is 2.03. The number of hydrogen-bond acceptors (Lipinski definition) is 1. The molecule has 0 atom stereocenters. The normalized spacial score (nSPS) is 11.3. The summed E-state index contributed by atoms with van der Waals surface area (Å²) in [5.74, 6) is 0. The standard InChI is InChI=1S/C17H18ClN/c1-19(14-16-6-3-2-4-7-16)13-5-8-15-9-11-17(18)12-10-15/h2-12H,13-14H2,1H3/b8-5+. The predicted molar refractivity (Wildman–Crippen MR) is 83.3 cm³/mol. The highest BCUT2D eigenvalue weighted by atomic mass is 35.5. The van der Waals surface area contributed by atoms with Gasteiger partial charge in [0, 0.05) is 18.1 Å². The van der Waals surface area contributed by atoms with Gasteiger partial charge in [0.1, 0.15) is 0 Å². The van der Waals surface area contributed by atoms with Crippen molar-refractivity contribution in [3.05, 3.63) is 76.8 Å². The highest BCUT2D eigenvalue weighted by molar-refractivity contribution is 6.30. The van der Waals surface area contributed by atoms with Gasteiger partial charge in [-0.3, -0.25) is 4.90 Å². The number of nitrogens with zero attached hydrogens (tertiary/aromatic N) is 1. The van der Waals surface area contributed by atoms with Gasteiger partial charge in [-0.25, -0.2) is 0 Å². The molecule has 19 heavy (non-hydrogen) atoms. The third-order valence-corrected chi connectivity index (χ3v) is 3.14. The van der Waals surface area contributed by atoms with E-state index < -0.39 is 0 Å². The zero-order valence-electron chi connectivity index (χ0n) is 11.1. The molecule has 2 aromatic rings. The van der Waals surface area contributed by atoms with Gasteiger partial charge in [-0.15, -0.1) is 0 Å². The number of halogens is 1. The van der Waals surface area contributed by atoms with Crippen molar-refractivity contribution in [3.8, 4) is 0 Å². The van der Waals surface area contributed by atoms with E-state index in [1.165, 1.54) is 11.1 Å². The lowest BCUT2D eigenvalue weighted by molar-refractivity contribution is 0.364. The molecule has 0 aliphatic carbocycles. The van der Waals surface area contributed by atoms with E-state index in [1.54, 1.807) is 0 Å². The van der Waals surface area contributed by atoms with Gasteiger partial charge in [-0.1, -0.05) is 66.2 Å². The van der Waals surface area contributed by atoms with Gasteiger partial charge in [0.25, 0.3) is 0 Å². The third kappa shape index (κ3) is 4.90. The summed E-state index contributed by atoms with van der Waals surface area (Å²) in [4.78, 5) is 2.28. The van der Waals surface area contributed by atoms with Crippen LogP contribution in [0.5, 0.6) is 0 Å². The first-order valence-electron chi connectivity index (χ1n) is 6.38. The molecule has 2 aromatic carbocycles. The zero-order chi connectivity index (χ0) is 13.5. The van der Waals surface area contributed by atoms with Crippen LogP contribution in [0.2, 0.25) is 5.02 Å². The molecular weight excluding hydrogens is 254 g/mol. The molecular formula is C17H18ClN. The molecule has 98 valence electrons. The third-order valence-electron chi connectivity index (χ3n) is 2.89. The van der Waals surface area contributed by atoms with E-state index in [-0.39, 0.29) is 0 Å². The van der Waals surface area contributed by atoms with E-state index in [9.17, 15) is 0 Å². The van der Waals surface area contributed by atoms with Crippen molar-refractivity contribution in [2.75, 3.05) is 13.6 Å². The Morgan fingerprint density at radius 1 is 1.00 bits per heavy atom. The number of hydrogen-bond donors (Lipinski definition) is 0. The summed E-state index contributed by atoms with van der Waals surface area (Å²) in [5.41, 5.74) is 2.52. The fraction of sp³-hybridized carbons (Fsp3) is 0.176. The summed E-state index contributed by atoms with van der Waals surface area (Å²) in [7, 11) is 2.12. The molecule has 0 bridgehead atoms. The smallest absolute Gasteiger partial charge is 0.0406 e. The molecule has 2 rings (SSSR count). The van der Waals surface area contributed by atoms with E-state index in [1.807, 2.05) is 30.3 Å². The minimum absolute atomic E-state index is 0.776. The van der Waals surface area contributed by atoms with Gasteiger partial charge in [0.2, 0.25) is 0 Å². The highest BCUT2D eigenvalue weighted by Crippen LogP contribution is 2.10. The monoisotopic (exact) mass is 271 g/mol. The van der Waals surface area contributed by atoms with Gasteiger partial charge < -0.3 is 0 Å². The van der Waals surface area contributed by atoms with Crippen LogP contribution < -0.4 is 0 Å². The zero-order valence-corrected chi connectivity index (χ0v) is 11.8. The molecule has 2 heteroatoms. The van der Waals surface area contributed by atoms with Crippen molar-refractivity contribution in [3.63, 3.8) is 0 Å². The molecule has 0 fully saturated rings. The molecule has 0 heterocycles. The molecule has 1 nitrogen and oxygen atoms in total. The van der Waals surface area contributed by atoms with E-state index in [0.29, 0.717) is 0 Å². The number of rotatable bonds is 5. The van der Waals surface area contributed by atoms with Gasteiger partial charge >= 0.3 is 0 Å². The van der Waals surface area contributed by atoms with Crippen molar-refractivity contribution in [1.29, 1.82) is 0 Å². The summed E-state index contributed by atoms with van der Waals surface area (Å²) >= 11 is 5.85. The molecule has 0 saturated heterocycles. The van der Waals surface area contributed by atoms with Gasteiger partial charge in [0.15, 0.2) is 0 Å². The van der Waals surface area contributed by atoms with Crippen LogP contribution in [0.3, 0.4) is 0 Å². The summed E-state index contributed by atoms with van der Waals surface area (Å²) < 4.78 is 0. The molecule has 0 N–H and O–H groups in total. The molecule has 0 unspecified atom stereocenters. The van der Waals surface area contributed by atoms with Gasteiger partial charge in [0.05, 0.1) is 0 Å². The number of likely N-dealkylation sites (N-methyl/N-ethyl adjacent to an activating group) is 1. The van der Waals surface area contributed by atoms with E-state index in [0.717, 1.165) is 18.1 Å². The SMILES string of the molecule is CN(C/C=C/c1ccc(Cl)cc1)Cc1ccccc1. The molecule has 0 saturated carbocycles. The lowest BCUT2D eigenvalue weighted by Crippen LogP contribution is -2.17. The van der Waals surface area contributed by atoms with Crippen molar-refractivity contribution in [2.24, 2.45) is 0 Å². The maximum atomic E-state index is 5.85. The maximum absolute atomic E-state index is 5.85. The van der Waals surface area contributed by atoms with Gasteiger partial charge in [-0.05, 0) is 30.3 Å². The van der Waals surface area contributed by atoms with Crippen LogP contribution in [0.25, 0.3) is 6.08 Å². The molecule has 0 aliphatic rings. The van der Waals surface area contributed by atoms with Crippen molar-refractivity contribution in [2.45, 2.75) is 6.54 Å². The Bertz CT molecular complexity index is 517. The Morgan fingerprint density at radius 3 is 2.37 bits per heavy atom. The second-order valence-corrected chi connectivity index (χ2v) is 5.07. The van der Waals surface area contributed by atoms with E-state index >= 15 is 0 Å². The number of benzene rings is 2. The van der Waals surface area contributed by atoms with E-state index in [4.69, 9.17) is 11.6 Å². The average Bonchev–Trinajstić information content (AvgIpc) is 2.42. The van der Waals surface area contributed by atoms with Crippen LogP contribution in [0.15, 0.2) is 60.7 Å². The quantitative estimate of drug-likeness (QED) is 0.775. The second-order valence-electron chi connectivity index (χ2n) is 4.64. The second kappa shape index (κ2) is 7.13. The molecule has 0 amide bonds. The first kappa shape index (κ1) is 13.9. The molecule has 0 aliphatic heterocycles. The van der Waals surface area contributed by atoms with Crippen LogP contribution in [-0.4, -0.2) is 18.5 Å².